The number of hydrogen-bond acceptors (Lipinski definition) is 3. The van der Waals surface area contributed by atoms with Crippen LogP contribution in [0, 0.1) is 11.7 Å². The minimum Gasteiger partial charge on any atom is -0.394 e. The monoisotopic (exact) mass is 252 g/mol. The van der Waals surface area contributed by atoms with Crippen LogP contribution in [0.5, 0.6) is 0 Å². The van der Waals surface area contributed by atoms with Gasteiger partial charge in [0.25, 0.3) is 0 Å². The van der Waals surface area contributed by atoms with E-state index in [4.69, 9.17) is 0 Å². The zero-order valence-electron chi connectivity index (χ0n) is 10.7. The lowest BCUT2D eigenvalue weighted by molar-refractivity contribution is 0.124. The third kappa shape index (κ3) is 2.65. The van der Waals surface area contributed by atoms with Gasteiger partial charge in [-0.25, -0.2) is 4.39 Å². The molecule has 1 aromatic rings. The Morgan fingerprint density at radius 2 is 2.17 bits per heavy atom. The van der Waals surface area contributed by atoms with E-state index in [1.807, 2.05) is 0 Å². The Kier molecular flexibility index (Phi) is 4.19. The maximum absolute atomic E-state index is 12.9. The van der Waals surface area contributed by atoms with Crippen molar-refractivity contribution in [3.8, 4) is 0 Å². The van der Waals surface area contributed by atoms with Crippen LogP contribution < -0.4 is 10.6 Å². The molecule has 1 aliphatic heterocycles. The summed E-state index contributed by atoms with van der Waals surface area (Å²) in [5.41, 5.74) is 0.573. The molecule has 0 aliphatic carbocycles. The van der Waals surface area contributed by atoms with Gasteiger partial charge in [-0.05, 0) is 49.6 Å². The third-order valence-electron chi connectivity index (χ3n) is 3.93. The highest BCUT2D eigenvalue weighted by Gasteiger charge is 2.39. The predicted octanol–water partition coefficient (Wildman–Crippen LogP) is 1.99. The van der Waals surface area contributed by atoms with E-state index in [-0.39, 0.29) is 18.0 Å². The van der Waals surface area contributed by atoms with Crippen molar-refractivity contribution in [2.75, 3.05) is 25.0 Å². The first-order valence-electron chi connectivity index (χ1n) is 6.55. The lowest BCUT2D eigenvalue weighted by atomic mass is 9.77. The number of benzene rings is 1. The molecule has 0 radical (unpaired) electrons. The Hall–Kier alpha value is -1.13. The molecule has 0 saturated carbocycles. The van der Waals surface area contributed by atoms with Crippen molar-refractivity contribution in [3.05, 3.63) is 30.1 Å². The van der Waals surface area contributed by atoms with Crippen LogP contribution in [0.4, 0.5) is 10.1 Å². The van der Waals surface area contributed by atoms with E-state index in [0.717, 1.165) is 31.6 Å². The fourth-order valence-electron chi connectivity index (χ4n) is 2.76. The quantitative estimate of drug-likeness (QED) is 0.768. The average molecular weight is 252 g/mol. The number of rotatable bonds is 4. The number of anilines is 1. The van der Waals surface area contributed by atoms with Crippen LogP contribution in [0.15, 0.2) is 24.3 Å². The molecule has 2 unspecified atom stereocenters. The smallest absolute Gasteiger partial charge is 0.123 e. The van der Waals surface area contributed by atoms with Crippen molar-refractivity contribution in [2.45, 2.75) is 25.3 Å². The third-order valence-corrected chi connectivity index (χ3v) is 3.93. The molecule has 2 atom stereocenters. The van der Waals surface area contributed by atoms with E-state index in [0.29, 0.717) is 5.92 Å². The van der Waals surface area contributed by atoms with Gasteiger partial charge in [0.15, 0.2) is 0 Å². The Bertz CT molecular complexity index is 382. The van der Waals surface area contributed by atoms with Crippen molar-refractivity contribution in [1.29, 1.82) is 0 Å². The van der Waals surface area contributed by atoms with Crippen molar-refractivity contribution < 1.29 is 9.50 Å². The summed E-state index contributed by atoms with van der Waals surface area (Å²) in [6.45, 7) is 4.04. The number of hydrogen-bond donors (Lipinski definition) is 3. The lowest BCUT2D eigenvalue weighted by Crippen LogP contribution is -2.57. The molecule has 4 heteroatoms. The number of aliphatic hydroxyl groups is 1. The molecule has 0 aromatic heterocycles. The zero-order valence-corrected chi connectivity index (χ0v) is 10.7. The zero-order chi connectivity index (χ0) is 13.0. The second-order valence-electron chi connectivity index (χ2n) is 5.01. The highest BCUT2D eigenvalue weighted by molar-refractivity contribution is 5.46. The number of aliphatic hydroxyl groups excluding tert-OH is 1. The van der Waals surface area contributed by atoms with Gasteiger partial charge >= 0.3 is 0 Å². The average Bonchev–Trinajstić information content (AvgIpc) is 2.42. The van der Waals surface area contributed by atoms with E-state index in [2.05, 4.69) is 17.6 Å². The topological polar surface area (TPSA) is 44.3 Å². The summed E-state index contributed by atoms with van der Waals surface area (Å²) in [7, 11) is 0. The molecule has 3 N–H and O–H groups in total. The van der Waals surface area contributed by atoms with Gasteiger partial charge in [0, 0.05) is 12.2 Å². The van der Waals surface area contributed by atoms with Gasteiger partial charge in [-0.15, -0.1) is 0 Å². The largest absolute Gasteiger partial charge is 0.394 e. The molecular weight excluding hydrogens is 231 g/mol. The highest BCUT2D eigenvalue weighted by Crippen LogP contribution is 2.30. The Morgan fingerprint density at radius 3 is 2.78 bits per heavy atom. The molecule has 1 saturated heterocycles. The molecule has 0 bridgehead atoms. The normalized spacial score (nSPS) is 28.1. The molecule has 100 valence electrons. The maximum atomic E-state index is 12.9. The first kappa shape index (κ1) is 13.3. The summed E-state index contributed by atoms with van der Waals surface area (Å²) >= 11 is 0. The van der Waals surface area contributed by atoms with Gasteiger partial charge in [-0.2, -0.15) is 0 Å². The summed E-state index contributed by atoms with van der Waals surface area (Å²) in [6.07, 6.45) is 1.88. The number of nitrogens with one attached hydrogen (secondary N) is 2. The molecule has 1 heterocycles. The molecule has 0 spiro atoms. The summed E-state index contributed by atoms with van der Waals surface area (Å²) < 4.78 is 12.9. The molecule has 0 amide bonds. The molecule has 1 aromatic carbocycles. The van der Waals surface area contributed by atoms with Gasteiger partial charge in [-0.3, -0.25) is 0 Å². The van der Waals surface area contributed by atoms with Crippen molar-refractivity contribution in [1.82, 2.24) is 5.32 Å². The maximum Gasteiger partial charge on any atom is 0.123 e. The first-order chi connectivity index (χ1) is 8.70. The Morgan fingerprint density at radius 1 is 1.44 bits per heavy atom. The summed E-state index contributed by atoms with van der Waals surface area (Å²) in [5, 5.41) is 16.6. The van der Waals surface area contributed by atoms with Crippen LogP contribution in [-0.4, -0.2) is 30.3 Å². The van der Waals surface area contributed by atoms with Gasteiger partial charge < -0.3 is 15.7 Å². The van der Waals surface area contributed by atoms with Crippen molar-refractivity contribution in [3.63, 3.8) is 0 Å². The van der Waals surface area contributed by atoms with E-state index in [1.165, 1.54) is 12.1 Å². The number of piperidine rings is 1. The summed E-state index contributed by atoms with van der Waals surface area (Å²) in [4.78, 5) is 0. The fraction of sp³-hybridized carbons (Fsp3) is 0.571. The molecular formula is C14H21FN2O. The van der Waals surface area contributed by atoms with E-state index >= 15 is 0 Å². The standard InChI is InChI=1S/C14H21FN2O/c1-2-11-9-16-8-7-14(11,10-18)17-13-5-3-12(15)4-6-13/h3-6,11,16-18H,2,7-10H2,1H3. The minimum absolute atomic E-state index is 0.102. The van der Waals surface area contributed by atoms with E-state index in [9.17, 15) is 9.50 Å². The van der Waals surface area contributed by atoms with Crippen LogP contribution in [0.1, 0.15) is 19.8 Å². The van der Waals surface area contributed by atoms with E-state index < -0.39 is 0 Å². The summed E-state index contributed by atoms with van der Waals surface area (Å²) in [6, 6.07) is 6.33. The SMILES string of the molecule is CCC1CNCCC1(CO)Nc1ccc(F)cc1. The second kappa shape index (κ2) is 5.67. The molecule has 18 heavy (non-hydrogen) atoms. The molecule has 2 rings (SSSR count). The van der Waals surface area contributed by atoms with Gasteiger partial charge in [0.1, 0.15) is 5.82 Å². The minimum atomic E-state index is -0.294. The fourth-order valence-corrected chi connectivity index (χ4v) is 2.76. The van der Waals surface area contributed by atoms with Gasteiger partial charge in [0.05, 0.1) is 12.1 Å². The Balaban J connectivity index is 2.18. The predicted molar refractivity (Wildman–Crippen MR) is 71.1 cm³/mol. The molecule has 3 nitrogen and oxygen atoms in total. The van der Waals surface area contributed by atoms with Crippen LogP contribution in [0.25, 0.3) is 0 Å². The van der Waals surface area contributed by atoms with Gasteiger partial charge in [-0.1, -0.05) is 6.92 Å². The molecule has 1 aliphatic rings. The van der Waals surface area contributed by atoms with Crippen molar-refractivity contribution >= 4 is 5.69 Å². The lowest BCUT2D eigenvalue weighted by Gasteiger charge is -2.44. The van der Waals surface area contributed by atoms with E-state index in [1.54, 1.807) is 12.1 Å². The highest BCUT2D eigenvalue weighted by atomic mass is 19.1. The van der Waals surface area contributed by atoms with Crippen molar-refractivity contribution in [2.24, 2.45) is 5.92 Å². The summed E-state index contributed by atoms with van der Waals surface area (Å²) in [5.74, 6) is 0.136. The van der Waals surface area contributed by atoms with Crippen LogP contribution in [0.2, 0.25) is 0 Å². The van der Waals surface area contributed by atoms with Crippen LogP contribution >= 0.6 is 0 Å². The molecule has 1 fully saturated rings. The number of halogens is 1. The van der Waals surface area contributed by atoms with Gasteiger partial charge in [0.2, 0.25) is 0 Å². The van der Waals surface area contributed by atoms with Crippen LogP contribution in [-0.2, 0) is 0 Å². The first-order valence-corrected chi connectivity index (χ1v) is 6.55. The second-order valence-corrected chi connectivity index (χ2v) is 5.01. The van der Waals surface area contributed by atoms with Crippen LogP contribution in [0.3, 0.4) is 0 Å². The Labute approximate surface area is 107 Å².